The Labute approximate surface area is 389 Å². The van der Waals surface area contributed by atoms with Crippen molar-refractivity contribution in [2.75, 3.05) is 0 Å². The molecule has 0 bridgehead atoms. The lowest BCUT2D eigenvalue weighted by atomic mass is 9.55. The summed E-state index contributed by atoms with van der Waals surface area (Å²) in [6.07, 6.45) is 0. The minimum Gasteiger partial charge on any atom is -0.0695 e. The van der Waals surface area contributed by atoms with Crippen molar-refractivity contribution in [1.82, 2.24) is 0 Å². The third kappa shape index (κ3) is 1.54. The molecule has 0 saturated carbocycles. The first-order chi connectivity index (χ1) is 34.1. The summed E-state index contributed by atoms with van der Waals surface area (Å²) in [6.45, 7) is 16.6. The van der Waals surface area contributed by atoms with Gasteiger partial charge in [-0.15, -0.1) is 0 Å². The predicted molar refractivity (Wildman–Crippen MR) is 309 cm³/mol. The molecule has 0 amide bonds. The average molecular weight is 895 g/mol. The molecule has 0 nitrogen and oxygen atoms in total. The third-order valence-electron chi connectivity index (χ3n) is 25.2. The summed E-state index contributed by atoms with van der Waals surface area (Å²) in [6, 6.07) is 2.61. The molecule has 0 radical (unpaired) electrons. The molecule has 302 valence electrons. The number of benzene rings is 17. The SMILES string of the molecule is C[Si](C)(C)C[C@]12c3c4c5c6c7c8c9c%10c(c1c1c%11c2c2c%12c3c5c3c5c%12c%12c2c2c%11c%11c%13c1c%10c1c%10c9c9c7c7c6c3c3c5c5c%12c6c2c%11c2c(c%131)c1c%10c9c9c7c3c3c9c1c2c6c53)[C@@]48C[Si](C)(C)C. The van der Waals surface area contributed by atoms with Crippen molar-refractivity contribution in [1.29, 1.82) is 0 Å². The lowest BCUT2D eigenvalue weighted by Crippen LogP contribution is -2.48. The van der Waals surface area contributed by atoms with E-state index in [0.29, 0.717) is 0 Å². The summed E-state index contributed by atoms with van der Waals surface area (Å²) in [5.74, 6) is 0. The van der Waals surface area contributed by atoms with E-state index in [1.165, 1.54) is 12.1 Å². The van der Waals surface area contributed by atoms with Gasteiger partial charge in [-0.2, -0.15) is 0 Å². The van der Waals surface area contributed by atoms with Gasteiger partial charge in [0.25, 0.3) is 0 Å². The molecule has 0 saturated heterocycles. The molecule has 2 heteroatoms. The molecule has 32 rings (SSSR count). The van der Waals surface area contributed by atoms with E-state index < -0.39 is 16.1 Å². The first-order valence-electron chi connectivity index (χ1n) is 26.9. The summed E-state index contributed by atoms with van der Waals surface area (Å²) in [5.41, 5.74) is 10.9. The number of rotatable bonds is 4. The van der Waals surface area contributed by atoms with Gasteiger partial charge < -0.3 is 0 Å². The molecule has 5 aliphatic carbocycles. The van der Waals surface area contributed by atoms with Crippen molar-refractivity contribution in [3.05, 3.63) is 33.4 Å². The van der Waals surface area contributed by atoms with Gasteiger partial charge in [0, 0.05) is 27.0 Å². The molecule has 0 aromatic heterocycles. The van der Waals surface area contributed by atoms with Crippen LogP contribution < -0.4 is 0 Å². The summed E-state index contributed by atoms with van der Waals surface area (Å²) < 4.78 is 0. The zero-order chi connectivity index (χ0) is 42.9. The van der Waals surface area contributed by atoms with E-state index in [1.807, 2.05) is 33.4 Å². The zero-order valence-electron chi connectivity index (χ0n) is 38.4. The molecule has 27 aromatic rings. The second-order valence-corrected chi connectivity index (χ2v) is 40.0. The molecule has 0 aliphatic heterocycles. The van der Waals surface area contributed by atoms with Crippen molar-refractivity contribution in [3.8, 4) is 0 Å². The monoisotopic (exact) mass is 894 g/mol. The Hall–Kier alpha value is -7.11. The van der Waals surface area contributed by atoms with Gasteiger partial charge in [0.2, 0.25) is 0 Å². The lowest BCUT2D eigenvalue weighted by Gasteiger charge is -2.52. The average Bonchev–Trinajstić information content (AvgIpc) is 4.35. The molecule has 70 heavy (non-hydrogen) atoms. The van der Waals surface area contributed by atoms with E-state index in [1.54, 1.807) is 280 Å². The fourth-order valence-corrected chi connectivity index (χ4v) is 29.9. The zero-order valence-corrected chi connectivity index (χ0v) is 40.4. The Morgan fingerprint density at radius 1 is 0.157 bits per heavy atom. The summed E-state index contributed by atoms with van der Waals surface area (Å²) in [5, 5.41) is 89.1. The standard InChI is InChI=1S/C68H22Si2/c1-69(2,3)7-67-61-53-44-37-24-17-11-12-14-10-9-13(11)22(24)28-26-15(9)19-16(10)27-29-23(14)25-18(12)21-20(17)31-39-32(21)41-38(25)45-43(29)47-34(27)36-30(19)35-33(26)46(42(28)44)57(61)59-48(35)49(36)60-58(47)62-54(45)51(41)56-52(39)55(50(53)40(31)37)63(67)64(56)68(62,8-70(4,5)6)66(60)65(59)67/h7-8H2,1-6H3/t67-,68+. The van der Waals surface area contributed by atoms with Crippen molar-refractivity contribution in [2.45, 2.75) is 62.2 Å². The smallest absolute Gasteiger partial charge is 0.0460 e. The quantitative estimate of drug-likeness (QED) is 0.122. The van der Waals surface area contributed by atoms with Crippen LogP contribution in [0, 0.1) is 0 Å². The molecule has 0 heterocycles. The molecule has 2 atom stereocenters. The summed E-state index contributed by atoms with van der Waals surface area (Å²) in [4.78, 5) is 0. The second-order valence-electron chi connectivity index (χ2n) is 29.0. The van der Waals surface area contributed by atoms with E-state index in [-0.39, 0.29) is 10.8 Å². The number of hydrogen-bond donors (Lipinski definition) is 0. The minimum absolute atomic E-state index is 0.144. The van der Waals surface area contributed by atoms with Crippen LogP contribution >= 0.6 is 0 Å². The third-order valence-corrected chi connectivity index (χ3v) is 28.3. The predicted octanol–water partition coefficient (Wildman–Crippen LogP) is 19.7. The lowest BCUT2D eigenvalue weighted by molar-refractivity contribution is 0.597. The van der Waals surface area contributed by atoms with E-state index in [2.05, 4.69) is 39.3 Å². The highest BCUT2D eigenvalue weighted by Gasteiger charge is 2.67. The van der Waals surface area contributed by atoms with Crippen LogP contribution in [0.3, 0.4) is 0 Å². The van der Waals surface area contributed by atoms with Gasteiger partial charge in [0.15, 0.2) is 0 Å². The maximum absolute atomic E-state index is 2.77. The van der Waals surface area contributed by atoms with Crippen LogP contribution in [0.1, 0.15) is 33.4 Å². The van der Waals surface area contributed by atoms with Gasteiger partial charge in [-0.05, 0) is 326 Å². The highest BCUT2D eigenvalue weighted by molar-refractivity contribution is 6.83. The van der Waals surface area contributed by atoms with Crippen molar-refractivity contribution in [3.63, 3.8) is 0 Å². The molecule has 0 N–H and O–H groups in total. The van der Waals surface area contributed by atoms with Crippen LogP contribution in [0.25, 0.3) is 280 Å². The highest BCUT2D eigenvalue weighted by atomic mass is 28.3. The first kappa shape index (κ1) is 27.9. The largest absolute Gasteiger partial charge is 0.0695 e. The maximum atomic E-state index is 2.77. The topological polar surface area (TPSA) is 0 Å². The molecule has 5 aliphatic rings. The summed E-state index contributed by atoms with van der Waals surface area (Å²) in [7, 11) is -3.62. The van der Waals surface area contributed by atoms with E-state index in [4.69, 9.17) is 0 Å². The van der Waals surface area contributed by atoms with Gasteiger partial charge in [-0.25, -0.2) is 0 Å². The van der Waals surface area contributed by atoms with Gasteiger partial charge in [-0.1, -0.05) is 39.3 Å². The van der Waals surface area contributed by atoms with Gasteiger partial charge in [0.05, 0.1) is 0 Å². The first-order valence-corrected chi connectivity index (χ1v) is 34.3. The molecular weight excluding hydrogens is 873 g/mol. The highest BCUT2D eigenvalue weighted by Crippen LogP contribution is 2.85. The Bertz CT molecular complexity index is 6820. The van der Waals surface area contributed by atoms with Crippen LogP contribution in [-0.2, 0) is 10.8 Å². The molecule has 0 unspecified atom stereocenters. The van der Waals surface area contributed by atoms with E-state index >= 15 is 0 Å². The number of hydrogen-bond acceptors (Lipinski definition) is 0. The fraction of sp³-hybridized carbons (Fsp3) is 0.147. The van der Waals surface area contributed by atoms with E-state index in [0.717, 1.165) is 0 Å². The molecule has 0 fully saturated rings. The molecular formula is C68H22Si2. The Morgan fingerprint density at radius 3 is 0.414 bits per heavy atom. The van der Waals surface area contributed by atoms with Crippen LogP contribution in [0.5, 0.6) is 0 Å². The van der Waals surface area contributed by atoms with Crippen molar-refractivity contribution >= 4 is 296 Å². The molecule has 27 aromatic carbocycles. The second kappa shape index (κ2) is 6.17. The van der Waals surface area contributed by atoms with Gasteiger partial charge in [0.1, 0.15) is 0 Å². The summed E-state index contributed by atoms with van der Waals surface area (Å²) >= 11 is 0. The van der Waals surface area contributed by atoms with Crippen LogP contribution in [0.15, 0.2) is 0 Å². The normalized spacial score (nSPS) is 22.4. The molecule has 0 spiro atoms. The van der Waals surface area contributed by atoms with Crippen LogP contribution in [0.4, 0.5) is 0 Å². The van der Waals surface area contributed by atoms with Gasteiger partial charge >= 0.3 is 0 Å². The van der Waals surface area contributed by atoms with Crippen LogP contribution in [-0.4, -0.2) is 16.1 Å². The minimum atomic E-state index is -1.81. The maximum Gasteiger partial charge on any atom is 0.0460 e. The van der Waals surface area contributed by atoms with Gasteiger partial charge in [-0.3, -0.25) is 0 Å². The Morgan fingerprint density at radius 2 is 0.257 bits per heavy atom. The van der Waals surface area contributed by atoms with Crippen molar-refractivity contribution in [2.24, 2.45) is 0 Å². The van der Waals surface area contributed by atoms with E-state index in [9.17, 15) is 0 Å². The van der Waals surface area contributed by atoms with Crippen LogP contribution in [0.2, 0.25) is 51.4 Å². The van der Waals surface area contributed by atoms with Crippen molar-refractivity contribution < 1.29 is 0 Å². The fourth-order valence-electron chi connectivity index (χ4n) is 25.7. The Balaban J connectivity index is 1.22. The Kier molecular flexibility index (Phi) is 2.46.